The molecule has 0 aliphatic carbocycles. The molecule has 0 radical (unpaired) electrons. The summed E-state index contributed by atoms with van der Waals surface area (Å²) in [5.41, 5.74) is 4.92. The number of hydrogen-bond acceptors (Lipinski definition) is 5. The van der Waals surface area contributed by atoms with Gasteiger partial charge < -0.3 is 5.32 Å². The maximum Gasteiger partial charge on any atom is 0.271 e. The molecule has 3 aromatic rings. The van der Waals surface area contributed by atoms with Gasteiger partial charge in [0.1, 0.15) is 0 Å². The molecule has 0 fully saturated rings. The Morgan fingerprint density at radius 2 is 1.75 bits per heavy atom. The number of hydrogen-bond donors (Lipinski definition) is 2. The van der Waals surface area contributed by atoms with Crippen LogP contribution in [-0.4, -0.2) is 17.0 Å². The first kappa shape index (κ1) is 19.1. The van der Waals surface area contributed by atoms with E-state index in [9.17, 15) is 14.9 Å². The molecule has 0 aromatic heterocycles. The highest BCUT2D eigenvalue weighted by Crippen LogP contribution is 2.18. The van der Waals surface area contributed by atoms with Crippen molar-refractivity contribution in [3.05, 3.63) is 99.1 Å². The Hall–Kier alpha value is -3.71. The third-order valence-electron chi connectivity index (χ3n) is 3.73. The van der Waals surface area contributed by atoms with Crippen molar-refractivity contribution in [2.24, 2.45) is 5.10 Å². The summed E-state index contributed by atoms with van der Waals surface area (Å²) < 4.78 is 0. The van der Waals surface area contributed by atoms with E-state index in [1.807, 2.05) is 6.07 Å². The summed E-state index contributed by atoms with van der Waals surface area (Å²) in [5.74, 6) is -0.311. The topological polar surface area (TPSA) is 96.6 Å². The van der Waals surface area contributed by atoms with Crippen LogP contribution in [0.25, 0.3) is 0 Å². The van der Waals surface area contributed by atoms with Gasteiger partial charge in [-0.3, -0.25) is 20.3 Å². The minimum Gasteiger partial charge on any atom is -0.322 e. The fourth-order valence-corrected chi connectivity index (χ4v) is 2.63. The summed E-state index contributed by atoms with van der Waals surface area (Å²) in [4.78, 5) is 22.7. The third-order valence-corrected chi connectivity index (χ3v) is 4.06. The molecule has 3 aromatic carbocycles. The van der Waals surface area contributed by atoms with Crippen molar-refractivity contribution >= 4 is 40.8 Å². The fraction of sp³-hybridized carbons (Fsp3) is 0. The molecule has 0 spiro atoms. The molecule has 1 amide bonds. The summed E-state index contributed by atoms with van der Waals surface area (Å²) in [6.07, 6.45) is 1.55. The van der Waals surface area contributed by atoms with Crippen molar-refractivity contribution in [2.45, 2.75) is 0 Å². The summed E-state index contributed by atoms with van der Waals surface area (Å²) in [7, 11) is 0. The van der Waals surface area contributed by atoms with Crippen LogP contribution < -0.4 is 10.7 Å². The normalized spacial score (nSPS) is 10.6. The van der Waals surface area contributed by atoms with Crippen molar-refractivity contribution < 1.29 is 9.72 Å². The lowest BCUT2D eigenvalue weighted by Gasteiger charge is -2.07. The van der Waals surface area contributed by atoms with Crippen LogP contribution in [0.4, 0.5) is 17.1 Å². The predicted molar refractivity (Wildman–Crippen MR) is 110 cm³/mol. The molecule has 140 valence electrons. The fourth-order valence-electron chi connectivity index (χ4n) is 2.41. The van der Waals surface area contributed by atoms with Crippen molar-refractivity contribution in [2.75, 3.05) is 10.7 Å². The first-order valence-corrected chi connectivity index (χ1v) is 8.60. The van der Waals surface area contributed by atoms with Gasteiger partial charge in [-0.25, -0.2) is 0 Å². The minimum atomic E-state index is -0.472. The molecular formula is C20H15ClN4O3. The van der Waals surface area contributed by atoms with E-state index >= 15 is 0 Å². The Kier molecular flexibility index (Phi) is 5.98. The molecule has 0 atom stereocenters. The van der Waals surface area contributed by atoms with Crippen molar-refractivity contribution in [3.8, 4) is 0 Å². The summed E-state index contributed by atoms with van der Waals surface area (Å²) in [5, 5.41) is 18.0. The molecule has 0 saturated heterocycles. The molecule has 7 nitrogen and oxygen atoms in total. The van der Waals surface area contributed by atoms with E-state index in [0.717, 1.165) is 5.56 Å². The summed E-state index contributed by atoms with van der Waals surface area (Å²) in [6, 6.07) is 19.9. The van der Waals surface area contributed by atoms with E-state index in [1.165, 1.54) is 12.1 Å². The van der Waals surface area contributed by atoms with Crippen LogP contribution >= 0.6 is 11.6 Å². The number of carbonyl (C=O) groups is 1. The number of halogens is 1. The first-order valence-electron chi connectivity index (χ1n) is 8.22. The highest BCUT2D eigenvalue weighted by Gasteiger charge is 2.09. The number of nitrogens with one attached hydrogen (secondary N) is 2. The van der Waals surface area contributed by atoms with Crippen LogP contribution in [0.15, 0.2) is 77.9 Å². The summed E-state index contributed by atoms with van der Waals surface area (Å²) >= 11 is 6.04. The zero-order chi connectivity index (χ0) is 19.9. The highest BCUT2D eigenvalue weighted by atomic mass is 35.5. The van der Waals surface area contributed by atoms with Gasteiger partial charge in [0, 0.05) is 17.8 Å². The van der Waals surface area contributed by atoms with Crippen molar-refractivity contribution in [3.63, 3.8) is 0 Å². The number of benzene rings is 3. The Labute approximate surface area is 165 Å². The van der Waals surface area contributed by atoms with Gasteiger partial charge in [0.2, 0.25) is 0 Å². The lowest BCUT2D eigenvalue weighted by atomic mass is 10.2. The number of non-ortho nitro benzene ring substituents is 1. The van der Waals surface area contributed by atoms with E-state index in [1.54, 1.807) is 60.8 Å². The molecule has 2 N–H and O–H groups in total. The smallest absolute Gasteiger partial charge is 0.271 e. The van der Waals surface area contributed by atoms with E-state index in [-0.39, 0.29) is 11.6 Å². The molecule has 28 heavy (non-hydrogen) atoms. The van der Waals surface area contributed by atoms with E-state index < -0.39 is 4.92 Å². The molecule has 3 rings (SSSR count). The lowest BCUT2D eigenvalue weighted by Crippen LogP contribution is -2.12. The monoisotopic (exact) mass is 394 g/mol. The summed E-state index contributed by atoms with van der Waals surface area (Å²) in [6.45, 7) is 0. The second kappa shape index (κ2) is 8.79. The molecule has 0 bridgehead atoms. The van der Waals surface area contributed by atoms with Gasteiger partial charge in [-0.1, -0.05) is 41.9 Å². The van der Waals surface area contributed by atoms with Gasteiger partial charge in [-0.15, -0.1) is 0 Å². The maximum absolute atomic E-state index is 12.3. The second-order valence-corrected chi connectivity index (χ2v) is 6.14. The zero-order valence-electron chi connectivity index (χ0n) is 14.5. The van der Waals surface area contributed by atoms with Gasteiger partial charge in [0.15, 0.2) is 0 Å². The van der Waals surface area contributed by atoms with Gasteiger partial charge in [0.05, 0.1) is 27.4 Å². The molecule has 0 heterocycles. The number of amides is 1. The number of nitro benzene ring substituents is 1. The molecule has 0 aliphatic rings. The number of carbonyl (C=O) groups excluding carboxylic acids is 1. The maximum atomic E-state index is 12.3. The SMILES string of the molecule is O=C(Nc1cccc(/C=N/Nc2cccc([N+](=O)[O-])c2)c1)c1ccccc1Cl. The number of nitrogens with zero attached hydrogens (tertiary/aromatic N) is 2. The van der Waals surface area contributed by atoms with Crippen LogP contribution in [0.5, 0.6) is 0 Å². The second-order valence-electron chi connectivity index (χ2n) is 5.74. The predicted octanol–water partition coefficient (Wildman–Crippen LogP) is 4.95. The lowest BCUT2D eigenvalue weighted by molar-refractivity contribution is -0.384. The zero-order valence-corrected chi connectivity index (χ0v) is 15.3. The number of hydrazone groups is 1. The van der Waals surface area contributed by atoms with E-state index in [4.69, 9.17) is 11.6 Å². The third kappa shape index (κ3) is 4.93. The number of anilines is 2. The van der Waals surface area contributed by atoms with Gasteiger partial charge in [0.25, 0.3) is 11.6 Å². The highest BCUT2D eigenvalue weighted by molar-refractivity contribution is 6.34. The van der Waals surface area contributed by atoms with Gasteiger partial charge in [-0.2, -0.15) is 5.10 Å². The minimum absolute atomic E-state index is 0.0236. The van der Waals surface area contributed by atoms with E-state index in [0.29, 0.717) is 22.0 Å². The molecule has 0 saturated carbocycles. The standard InChI is InChI=1S/C20H15ClN4O3/c21-19-10-2-1-9-18(19)20(26)23-15-6-3-5-14(11-15)13-22-24-16-7-4-8-17(12-16)25(27)28/h1-13,24H,(H,23,26)/b22-13+. The van der Waals surface area contributed by atoms with Crippen LogP contribution in [-0.2, 0) is 0 Å². The molecule has 0 aliphatic heterocycles. The van der Waals surface area contributed by atoms with Gasteiger partial charge >= 0.3 is 0 Å². The average molecular weight is 395 g/mol. The number of rotatable bonds is 6. The van der Waals surface area contributed by atoms with Crippen molar-refractivity contribution in [1.29, 1.82) is 0 Å². The van der Waals surface area contributed by atoms with Crippen LogP contribution in [0.2, 0.25) is 5.02 Å². The quantitative estimate of drug-likeness (QED) is 0.351. The first-order chi connectivity index (χ1) is 13.5. The van der Waals surface area contributed by atoms with Crippen molar-refractivity contribution in [1.82, 2.24) is 0 Å². The van der Waals surface area contributed by atoms with E-state index in [2.05, 4.69) is 15.8 Å². The number of nitro groups is 1. The van der Waals surface area contributed by atoms with Crippen LogP contribution in [0.3, 0.4) is 0 Å². The Balaban J connectivity index is 1.67. The largest absolute Gasteiger partial charge is 0.322 e. The van der Waals surface area contributed by atoms with Crippen LogP contribution in [0, 0.1) is 10.1 Å². The molecule has 8 heteroatoms. The van der Waals surface area contributed by atoms with Crippen LogP contribution in [0.1, 0.15) is 15.9 Å². The average Bonchev–Trinajstić information content (AvgIpc) is 2.69. The van der Waals surface area contributed by atoms with Gasteiger partial charge in [-0.05, 0) is 35.9 Å². The Morgan fingerprint density at radius 3 is 2.54 bits per heavy atom. The Morgan fingerprint density at radius 1 is 1.00 bits per heavy atom. The Bertz CT molecular complexity index is 1050. The molecule has 0 unspecified atom stereocenters. The molecular weight excluding hydrogens is 380 g/mol.